The van der Waals surface area contributed by atoms with Crippen molar-refractivity contribution in [2.24, 2.45) is 0 Å². The summed E-state index contributed by atoms with van der Waals surface area (Å²) in [6, 6.07) is 11.0. The summed E-state index contributed by atoms with van der Waals surface area (Å²) in [6.45, 7) is 0. The Hall–Kier alpha value is -4.06. The minimum absolute atomic E-state index is 0.193. The van der Waals surface area contributed by atoms with Crippen LogP contribution in [0.4, 0.5) is 0 Å². The predicted molar refractivity (Wildman–Crippen MR) is 130 cm³/mol. The highest BCUT2D eigenvalue weighted by Gasteiger charge is 2.04. The normalized spacial score (nSPS) is 11.5. The average Bonchev–Trinajstić information content (AvgIpc) is 2.84. The molecule has 0 bridgehead atoms. The van der Waals surface area contributed by atoms with Gasteiger partial charge in [-0.3, -0.25) is 9.59 Å². The second-order valence-electron chi connectivity index (χ2n) is 6.77. The Morgan fingerprint density at radius 2 is 1.00 bits per heavy atom. The molecule has 0 atom stereocenters. The van der Waals surface area contributed by atoms with Crippen molar-refractivity contribution in [3.63, 3.8) is 0 Å². The van der Waals surface area contributed by atoms with Gasteiger partial charge in [-0.25, -0.2) is 0 Å². The Morgan fingerprint density at radius 3 is 1.36 bits per heavy atom. The molecule has 33 heavy (non-hydrogen) atoms. The molecule has 2 aromatic carbocycles. The van der Waals surface area contributed by atoms with Gasteiger partial charge < -0.3 is 18.9 Å². The summed E-state index contributed by atoms with van der Waals surface area (Å²) in [5.74, 6) is 1.99. The van der Waals surface area contributed by atoms with Crippen LogP contribution in [0, 0.1) is 0 Å². The number of carbonyl (C=O) groups excluding carboxylic acids is 2. The molecular formula is C27H28O6. The molecule has 0 amide bonds. The summed E-state index contributed by atoms with van der Waals surface area (Å²) in [5, 5.41) is 0. The van der Waals surface area contributed by atoms with E-state index in [-0.39, 0.29) is 18.0 Å². The smallest absolute Gasteiger partial charge is 0.163 e. The Labute approximate surface area is 194 Å². The Kier molecular flexibility index (Phi) is 10.2. The molecular weight excluding hydrogens is 420 g/mol. The maximum Gasteiger partial charge on any atom is 0.163 e. The summed E-state index contributed by atoms with van der Waals surface area (Å²) in [5.41, 5.74) is 1.79. The first-order valence-electron chi connectivity index (χ1n) is 10.2. The van der Waals surface area contributed by atoms with Crippen molar-refractivity contribution in [3.05, 3.63) is 84.0 Å². The second kappa shape index (κ2) is 13.4. The summed E-state index contributed by atoms with van der Waals surface area (Å²) in [4.78, 5) is 24.0. The minimum Gasteiger partial charge on any atom is -0.493 e. The molecule has 0 spiro atoms. The van der Waals surface area contributed by atoms with Gasteiger partial charge in [0.1, 0.15) is 0 Å². The number of carbonyl (C=O) groups is 2. The lowest BCUT2D eigenvalue weighted by atomic mass is 10.1. The largest absolute Gasteiger partial charge is 0.493 e. The van der Waals surface area contributed by atoms with Gasteiger partial charge >= 0.3 is 0 Å². The minimum atomic E-state index is -0.273. The van der Waals surface area contributed by atoms with E-state index in [0.29, 0.717) is 23.0 Å². The molecule has 0 heterocycles. The quantitative estimate of drug-likeness (QED) is 0.256. The maximum atomic E-state index is 12.0. The first-order chi connectivity index (χ1) is 16.0. The van der Waals surface area contributed by atoms with Crippen molar-refractivity contribution in [2.75, 3.05) is 28.4 Å². The van der Waals surface area contributed by atoms with Crippen LogP contribution >= 0.6 is 0 Å². The van der Waals surface area contributed by atoms with Crippen LogP contribution < -0.4 is 18.9 Å². The molecule has 0 N–H and O–H groups in total. The third-order valence-electron chi connectivity index (χ3n) is 4.53. The molecule has 0 saturated carbocycles. The van der Waals surface area contributed by atoms with Crippen LogP contribution in [0.2, 0.25) is 0 Å². The van der Waals surface area contributed by atoms with E-state index in [1.54, 1.807) is 64.9 Å². The van der Waals surface area contributed by atoms with E-state index in [4.69, 9.17) is 18.9 Å². The van der Waals surface area contributed by atoms with E-state index >= 15 is 0 Å². The molecule has 0 unspecified atom stereocenters. The van der Waals surface area contributed by atoms with Gasteiger partial charge in [-0.05, 0) is 47.5 Å². The summed E-state index contributed by atoms with van der Waals surface area (Å²) < 4.78 is 20.9. The van der Waals surface area contributed by atoms with E-state index in [0.717, 1.165) is 11.1 Å². The predicted octanol–water partition coefficient (Wildman–Crippen LogP) is 5.09. The third kappa shape index (κ3) is 8.18. The Balaban J connectivity index is 1.84. The fourth-order valence-electron chi connectivity index (χ4n) is 2.86. The molecule has 0 fully saturated rings. The van der Waals surface area contributed by atoms with Crippen LogP contribution in [0.5, 0.6) is 23.0 Å². The molecule has 0 radical (unpaired) electrons. The van der Waals surface area contributed by atoms with E-state index in [9.17, 15) is 9.59 Å². The molecule has 0 saturated heterocycles. The van der Waals surface area contributed by atoms with Gasteiger partial charge in [0, 0.05) is 0 Å². The van der Waals surface area contributed by atoms with Crippen molar-refractivity contribution in [2.45, 2.75) is 6.42 Å². The number of allylic oxidation sites excluding steroid dienone is 6. The number of ether oxygens (including phenoxy) is 4. The molecule has 2 aromatic rings. The molecule has 0 aliphatic carbocycles. The highest BCUT2D eigenvalue weighted by atomic mass is 16.5. The van der Waals surface area contributed by atoms with Gasteiger partial charge in [-0.2, -0.15) is 0 Å². The summed E-state index contributed by atoms with van der Waals surface area (Å²) in [7, 11) is 6.29. The number of hydrogen-bond donors (Lipinski definition) is 0. The number of methoxy groups -OCH3 is 4. The monoisotopic (exact) mass is 448 g/mol. The van der Waals surface area contributed by atoms with Gasteiger partial charge in [-0.15, -0.1) is 0 Å². The molecule has 6 heteroatoms. The standard InChI is InChI=1S/C27H28O6/c1-30-24-15-13-20(17-26(24)32-3)9-5-7-11-22(28)19-23(29)12-8-6-10-21-14-16-25(31-2)27(18-21)33-4/h5-18H,19H2,1-4H3/b9-5+,10-6+,11-7+,12-8+. The lowest BCUT2D eigenvalue weighted by Crippen LogP contribution is -2.01. The fourth-order valence-corrected chi connectivity index (χ4v) is 2.86. The number of rotatable bonds is 12. The summed E-state index contributed by atoms with van der Waals surface area (Å²) in [6.07, 6.45) is 12.9. The number of hydrogen-bond acceptors (Lipinski definition) is 6. The van der Waals surface area contributed by atoms with E-state index in [1.165, 1.54) is 12.2 Å². The lowest BCUT2D eigenvalue weighted by Gasteiger charge is -2.07. The highest BCUT2D eigenvalue weighted by Crippen LogP contribution is 2.28. The van der Waals surface area contributed by atoms with Gasteiger partial charge in [0.25, 0.3) is 0 Å². The number of benzene rings is 2. The van der Waals surface area contributed by atoms with Crippen LogP contribution in [0.1, 0.15) is 17.5 Å². The first-order valence-corrected chi connectivity index (χ1v) is 10.2. The molecule has 0 aliphatic heterocycles. The maximum absolute atomic E-state index is 12.0. The van der Waals surface area contributed by atoms with E-state index in [2.05, 4.69) is 0 Å². The average molecular weight is 449 g/mol. The number of ketones is 2. The topological polar surface area (TPSA) is 71.1 Å². The van der Waals surface area contributed by atoms with Crippen LogP contribution in [0.15, 0.2) is 72.9 Å². The first kappa shape index (κ1) is 25.2. The van der Waals surface area contributed by atoms with Gasteiger partial charge in [-0.1, -0.05) is 48.6 Å². The third-order valence-corrected chi connectivity index (χ3v) is 4.53. The van der Waals surface area contributed by atoms with Crippen LogP contribution in [-0.2, 0) is 9.59 Å². The van der Waals surface area contributed by atoms with Crippen LogP contribution in [-0.4, -0.2) is 40.0 Å². The SMILES string of the molecule is COc1ccc(/C=C/C=C/C(=O)CC(=O)/C=C/C=C/c2ccc(OC)c(OC)c2)cc1OC. The van der Waals surface area contributed by atoms with Crippen LogP contribution in [0.25, 0.3) is 12.2 Å². The molecule has 6 nitrogen and oxygen atoms in total. The zero-order valence-electron chi connectivity index (χ0n) is 19.2. The molecule has 172 valence electrons. The van der Waals surface area contributed by atoms with E-state index < -0.39 is 0 Å². The second-order valence-corrected chi connectivity index (χ2v) is 6.77. The Bertz CT molecular complexity index is 991. The zero-order chi connectivity index (χ0) is 24.1. The van der Waals surface area contributed by atoms with Gasteiger partial charge in [0.05, 0.1) is 34.9 Å². The van der Waals surface area contributed by atoms with Crippen LogP contribution in [0.3, 0.4) is 0 Å². The van der Waals surface area contributed by atoms with Crippen molar-refractivity contribution < 1.29 is 28.5 Å². The van der Waals surface area contributed by atoms with Crippen molar-refractivity contribution >= 4 is 23.7 Å². The van der Waals surface area contributed by atoms with Crippen molar-refractivity contribution in [1.29, 1.82) is 0 Å². The Morgan fingerprint density at radius 1 is 0.606 bits per heavy atom. The van der Waals surface area contributed by atoms with Crippen molar-refractivity contribution in [3.8, 4) is 23.0 Å². The molecule has 0 aliphatic rings. The molecule has 2 rings (SSSR count). The van der Waals surface area contributed by atoms with Crippen molar-refractivity contribution in [1.82, 2.24) is 0 Å². The zero-order valence-corrected chi connectivity index (χ0v) is 19.2. The summed E-state index contributed by atoms with van der Waals surface area (Å²) >= 11 is 0. The lowest BCUT2D eigenvalue weighted by molar-refractivity contribution is -0.121. The van der Waals surface area contributed by atoms with E-state index in [1.807, 2.05) is 36.4 Å². The fraction of sp³-hybridized carbons (Fsp3) is 0.185. The van der Waals surface area contributed by atoms with Gasteiger partial charge in [0.15, 0.2) is 34.6 Å². The molecule has 0 aromatic heterocycles. The van der Waals surface area contributed by atoms with Gasteiger partial charge in [0.2, 0.25) is 0 Å². The highest BCUT2D eigenvalue weighted by molar-refractivity contribution is 6.08.